The minimum Gasteiger partial charge on any atom is -0.375 e. The van der Waals surface area contributed by atoms with E-state index in [0.29, 0.717) is 5.13 Å². The molecule has 0 spiro atoms. The number of hydrogen-bond donors (Lipinski definition) is 1. The molecular weight excluding hydrogens is 258 g/mol. The molecule has 0 aliphatic carbocycles. The van der Waals surface area contributed by atoms with Gasteiger partial charge in [-0.1, -0.05) is 29.4 Å². The van der Waals surface area contributed by atoms with Gasteiger partial charge in [0.05, 0.1) is 11.4 Å². The van der Waals surface area contributed by atoms with E-state index in [4.69, 9.17) is 10.3 Å². The molecule has 1 aromatic carbocycles. The first-order valence-corrected chi connectivity index (χ1v) is 6.78. The van der Waals surface area contributed by atoms with Gasteiger partial charge in [-0.15, -0.1) is 11.3 Å². The van der Waals surface area contributed by atoms with Crippen molar-refractivity contribution in [2.24, 2.45) is 0 Å². The van der Waals surface area contributed by atoms with E-state index in [-0.39, 0.29) is 0 Å². The quantitative estimate of drug-likeness (QED) is 0.772. The van der Waals surface area contributed by atoms with E-state index in [1.54, 1.807) is 0 Å². The molecule has 2 heterocycles. The van der Waals surface area contributed by atoms with Gasteiger partial charge < -0.3 is 10.3 Å². The third-order valence-corrected chi connectivity index (χ3v) is 3.70. The van der Waals surface area contributed by atoms with E-state index in [9.17, 15) is 0 Å². The molecule has 2 aromatic heterocycles. The Morgan fingerprint density at radius 1 is 1.11 bits per heavy atom. The normalized spacial score (nSPS) is 10.8. The Morgan fingerprint density at radius 2 is 1.79 bits per heavy atom. The predicted molar refractivity (Wildman–Crippen MR) is 76.9 cm³/mol. The summed E-state index contributed by atoms with van der Waals surface area (Å²) in [6.45, 7) is 3.87. The fourth-order valence-corrected chi connectivity index (χ4v) is 2.70. The Labute approximate surface area is 114 Å². The lowest BCUT2D eigenvalue weighted by molar-refractivity contribution is 0.393. The van der Waals surface area contributed by atoms with Gasteiger partial charge in [0.25, 0.3) is 0 Å². The Hall–Kier alpha value is -2.14. The van der Waals surface area contributed by atoms with Crippen molar-refractivity contribution < 1.29 is 4.52 Å². The molecular formula is C14H13N3OS. The molecule has 3 aromatic rings. The molecule has 5 heteroatoms. The van der Waals surface area contributed by atoms with Crippen LogP contribution in [-0.2, 0) is 0 Å². The molecule has 4 nitrogen and oxygen atoms in total. The largest absolute Gasteiger partial charge is 0.375 e. The van der Waals surface area contributed by atoms with Gasteiger partial charge in [-0.2, -0.15) is 0 Å². The van der Waals surface area contributed by atoms with Gasteiger partial charge in [0.1, 0.15) is 5.76 Å². The monoisotopic (exact) mass is 271 g/mol. The first kappa shape index (κ1) is 11.9. The lowest BCUT2D eigenvalue weighted by atomic mass is 10.0. The van der Waals surface area contributed by atoms with Crippen LogP contribution in [-0.4, -0.2) is 10.1 Å². The Kier molecular flexibility index (Phi) is 2.83. The second-order valence-corrected chi connectivity index (χ2v) is 5.24. The summed E-state index contributed by atoms with van der Waals surface area (Å²) >= 11 is 1.45. The van der Waals surface area contributed by atoms with E-state index >= 15 is 0 Å². The predicted octanol–water partition coefficient (Wildman–Crippen LogP) is 3.66. The molecule has 0 saturated heterocycles. The van der Waals surface area contributed by atoms with Crippen LogP contribution < -0.4 is 5.73 Å². The van der Waals surface area contributed by atoms with Crippen LogP contribution in [0.1, 0.15) is 11.5 Å². The molecule has 0 aliphatic heterocycles. The summed E-state index contributed by atoms with van der Waals surface area (Å²) < 4.78 is 5.19. The lowest BCUT2D eigenvalue weighted by Gasteiger charge is -2.02. The molecule has 0 aliphatic rings. The van der Waals surface area contributed by atoms with Gasteiger partial charge in [0, 0.05) is 16.5 Å². The van der Waals surface area contributed by atoms with Crippen molar-refractivity contribution in [1.82, 2.24) is 10.1 Å². The molecule has 0 bridgehead atoms. The van der Waals surface area contributed by atoms with E-state index in [2.05, 4.69) is 22.3 Å². The third-order valence-electron chi connectivity index (χ3n) is 3.02. The van der Waals surface area contributed by atoms with Gasteiger partial charge in [0.15, 0.2) is 5.13 Å². The Morgan fingerprint density at radius 3 is 2.32 bits per heavy atom. The molecule has 0 fully saturated rings. The van der Waals surface area contributed by atoms with Crippen LogP contribution in [0, 0.1) is 13.8 Å². The fourth-order valence-electron chi connectivity index (χ4n) is 2.12. The van der Waals surface area contributed by atoms with Crippen molar-refractivity contribution in [1.29, 1.82) is 0 Å². The van der Waals surface area contributed by atoms with Crippen LogP contribution in [0.15, 0.2) is 34.2 Å². The standard InChI is InChI=1S/C14H13N3OS/c1-8-13(9(2)18-17-8)11-5-3-10(4-6-11)12-7-19-14(15)16-12/h3-7H,1-2H3,(H2,15,16). The van der Waals surface area contributed by atoms with Crippen LogP contribution >= 0.6 is 11.3 Å². The molecule has 0 atom stereocenters. The maximum atomic E-state index is 5.65. The van der Waals surface area contributed by atoms with Gasteiger partial charge in [-0.25, -0.2) is 4.98 Å². The molecule has 19 heavy (non-hydrogen) atoms. The number of nitrogens with zero attached hydrogens (tertiary/aromatic N) is 2. The second kappa shape index (κ2) is 4.51. The zero-order valence-corrected chi connectivity index (χ0v) is 11.5. The van der Waals surface area contributed by atoms with Crippen LogP contribution in [0.2, 0.25) is 0 Å². The summed E-state index contributed by atoms with van der Waals surface area (Å²) in [5.41, 5.74) is 10.7. The average molecular weight is 271 g/mol. The summed E-state index contributed by atoms with van der Waals surface area (Å²) in [4.78, 5) is 4.27. The fraction of sp³-hybridized carbons (Fsp3) is 0.143. The molecule has 0 saturated carbocycles. The topological polar surface area (TPSA) is 64.9 Å². The van der Waals surface area contributed by atoms with Gasteiger partial charge in [0.2, 0.25) is 0 Å². The molecule has 0 unspecified atom stereocenters. The number of aryl methyl sites for hydroxylation is 2. The summed E-state index contributed by atoms with van der Waals surface area (Å²) in [6, 6.07) is 8.18. The number of aromatic nitrogens is 2. The second-order valence-electron chi connectivity index (χ2n) is 4.35. The summed E-state index contributed by atoms with van der Waals surface area (Å²) in [5, 5.41) is 6.52. The number of hydrogen-bond acceptors (Lipinski definition) is 5. The number of benzene rings is 1. The minimum absolute atomic E-state index is 0.588. The molecule has 96 valence electrons. The van der Waals surface area contributed by atoms with Crippen molar-refractivity contribution in [2.45, 2.75) is 13.8 Å². The van der Waals surface area contributed by atoms with Crippen LogP contribution in [0.3, 0.4) is 0 Å². The smallest absolute Gasteiger partial charge is 0.180 e. The van der Waals surface area contributed by atoms with Crippen LogP contribution in [0.4, 0.5) is 5.13 Å². The average Bonchev–Trinajstić information content (AvgIpc) is 2.97. The highest BCUT2D eigenvalue weighted by molar-refractivity contribution is 7.13. The maximum Gasteiger partial charge on any atom is 0.180 e. The molecule has 3 rings (SSSR count). The number of thiazole rings is 1. The lowest BCUT2D eigenvalue weighted by Crippen LogP contribution is -1.84. The first-order chi connectivity index (χ1) is 9.15. The summed E-state index contributed by atoms with van der Waals surface area (Å²) in [7, 11) is 0. The highest BCUT2D eigenvalue weighted by Gasteiger charge is 2.11. The first-order valence-electron chi connectivity index (χ1n) is 5.90. The zero-order chi connectivity index (χ0) is 13.4. The number of nitrogen functional groups attached to an aromatic ring is 1. The highest BCUT2D eigenvalue weighted by Crippen LogP contribution is 2.29. The number of anilines is 1. The highest BCUT2D eigenvalue weighted by atomic mass is 32.1. The maximum absolute atomic E-state index is 5.65. The van der Waals surface area contributed by atoms with Crippen molar-refractivity contribution in [3.05, 3.63) is 41.1 Å². The number of rotatable bonds is 2. The summed E-state index contributed by atoms with van der Waals surface area (Å²) in [6.07, 6.45) is 0. The third kappa shape index (κ3) is 2.13. The summed E-state index contributed by atoms with van der Waals surface area (Å²) in [5.74, 6) is 0.836. The minimum atomic E-state index is 0.588. The Bertz CT molecular complexity index is 693. The van der Waals surface area contributed by atoms with E-state index in [1.165, 1.54) is 11.3 Å². The molecule has 2 N–H and O–H groups in total. The van der Waals surface area contributed by atoms with Crippen molar-refractivity contribution in [3.8, 4) is 22.4 Å². The van der Waals surface area contributed by atoms with Crippen LogP contribution in [0.25, 0.3) is 22.4 Å². The Balaban J connectivity index is 2.00. The number of nitrogens with two attached hydrogens (primary N) is 1. The van der Waals surface area contributed by atoms with Crippen molar-refractivity contribution in [3.63, 3.8) is 0 Å². The van der Waals surface area contributed by atoms with Crippen molar-refractivity contribution in [2.75, 3.05) is 5.73 Å². The van der Waals surface area contributed by atoms with Crippen molar-refractivity contribution >= 4 is 16.5 Å². The molecule has 0 radical (unpaired) electrons. The van der Waals surface area contributed by atoms with E-state index in [0.717, 1.165) is 33.8 Å². The van der Waals surface area contributed by atoms with Crippen LogP contribution in [0.5, 0.6) is 0 Å². The van der Waals surface area contributed by atoms with Gasteiger partial charge >= 0.3 is 0 Å². The van der Waals surface area contributed by atoms with E-state index < -0.39 is 0 Å². The zero-order valence-electron chi connectivity index (χ0n) is 10.7. The van der Waals surface area contributed by atoms with Gasteiger partial charge in [-0.3, -0.25) is 0 Å². The van der Waals surface area contributed by atoms with Gasteiger partial charge in [-0.05, 0) is 19.4 Å². The molecule has 0 amide bonds. The van der Waals surface area contributed by atoms with E-state index in [1.807, 2.05) is 31.4 Å². The SMILES string of the molecule is Cc1noc(C)c1-c1ccc(-c2csc(N)n2)cc1.